The van der Waals surface area contributed by atoms with Crippen LogP contribution in [0.1, 0.15) is 47.6 Å². The number of esters is 1. The van der Waals surface area contributed by atoms with Crippen molar-refractivity contribution in [3.05, 3.63) is 57.0 Å². The molecule has 152 valence electrons. The number of benzene rings is 1. The summed E-state index contributed by atoms with van der Waals surface area (Å²) in [7, 11) is 0. The molecule has 0 radical (unpaired) electrons. The number of nitrogens with zero attached hydrogens (tertiary/aromatic N) is 2. The predicted molar refractivity (Wildman–Crippen MR) is 114 cm³/mol. The van der Waals surface area contributed by atoms with Crippen LogP contribution < -0.4 is 10.9 Å². The molecule has 0 aliphatic heterocycles. The summed E-state index contributed by atoms with van der Waals surface area (Å²) in [5, 5.41) is 3.18. The molecule has 0 fully saturated rings. The standard InChI is InChI=1S/C21H23N3O4S/c1-11(2)28-21(27)17-13(4)16-19(29-17)22-10-24(20(16)26)14(5)18(25)23-15-9-7-6-8-12(15)3/h6-11,14H,1-5H3,(H,23,25)/t14-/m1/s1. The number of ether oxygens (including phenoxy) is 1. The van der Waals surface area contributed by atoms with Gasteiger partial charge in [0.25, 0.3) is 5.56 Å². The smallest absolute Gasteiger partial charge is 0.348 e. The van der Waals surface area contributed by atoms with Crippen molar-refractivity contribution >= 4 is 39.1 Å². The van der Waals surface area contributed by atoms with Crippen molar-refractivity contribution < 1.29 is 14.3 Å². The molecule has 2 aromatic heterocycles. The highest BCUT2D eigenvalue weighted by Gasteiger charge is 2.24. The number of aryl methyl sites for hydroxylation is 2. The van der Waals surface area contributed by atoms with Gasteiger partial charge in [-0.25, -0.2) is 9.78 Å². The van der Waals surface area contributed by atoms with E-state index < -0.39 is 12.0 Å². The number of rotatable bonds is 5. The van der Waals surface area contributed by atoms with Gasteiger partial charge in [0, 0.05) is 5.69 Å². The zero-order chi connectivity index (χ0) is 21.3. The Kier molecular flexibility index (Phi) is 5.83. The summed E-state index contributed by atoms with van der Waals surface area (Å²) >= 11 is 1.12. The third-order valence-electron chi connectivity index (χ3n) is 4.60. The van der Waals surface area contributed by atoms with Gasteiger partial charge in [0.2, 0.25) is 5.91 Å². The van der Waals surface area contributed by atoms with E-state index in [0.29, 0.717) is 26.3 Å². The van der Waals surface area contributed by atoms with Gasteiger partial charge in [-0.2, -0.15) is 0 Å². The largest absolute Gasteiger partial charge is 0.459 e. The molecular formula is C21H23N3O4S. The Labute approximate surface area is 172 Å². The highest BCUT2D eigenvalue weighted by atomic mass is 32.1. The summed E-state index contributed by atoms with van der Waals surface area (Å²) in [4.78, 5) is 43.2. The molecule has 0 saturated heterocycles. The van der Waals surface area contributed by atoms with E-state index in [2.05, 4.69) is 10.3 Å². The highest BCUT2D eigenvalue weighted by molar-refractivity contribution is 7.20. The normalized spacial score (nSPS) is 12.2. The molecule has 0 spiro atoms. The first-order chi connectivity index (χ1) is 13.7. The number of nitrogens with one attached hydrogen (secondary N) is 1. The SMILES string of the molecule is Cc1ccccc1NC(=O)[C@@H](C)n1cnc2sc(C(=O)OC(C)C)c(C)c2c1=O. The van der Waals surface area contributed by atoms with Crippen molar-refractivity contribution in [2.45, 2.75) is 46.8 Å². The lowest BCUT2D eigenvalue weighted by Crippen LogP contribution is -2.32. The number of hydrogen-bond acceptors (Lipinski definition) is 6. The third-order valence-corrected chi connectivity index (χ3v) is 5.78. The van der Waals surface area contributed by atoms with Gasteiger partial charge >= 0.3 is 5.97 Å². The number of amides is 1. The lowest BCUT2D eigenvalue weighted by Gasteiger charge is -2.16. The number of anilines is 1. The third kappa shape index (κ3) is 4.07. The van der Waals surface area contributed by atoms with Gasteiger partial charge in [0.15, 0.2) is 0 Å². The highest BCUT2D eigenvalue weighted by Crippen LogP contribution is 2.28. The van der Waals surface area contributed by atoms with Crippen LogP contribution in [-0.2, 0) is 9.53 Å². The second kappa shape index (κ2) is 8.16. The first kappa shape index (κ1) is 20.7. The lowest BCUT2D eigenvalue weighted by molar-refractivity contribution is -0.118. The lowest BCUT2D eigenvalue weighted by atomic mass is 10.2. The summed E-state index contributed by atoms with van der Waals surface area (Å²) < 4.78 is 6.54. The van der Waals surface area contributed by atoms with Gasteiger partial charge in [-0.15, -0.1) is 11.3 Å². The molecule has 29 heavy (non-hydrogen) atoms. The fraction of sp³-hybridized carbons (Fsp3) is 0.333. The molecule has 0 unspecified atom stereocenters. The van der Waals surface area contributed by atoms with Crippen molar-refractivity contribution in [3.8, 4) is 0 Å². The van der Waals surface area contributed by atoms with Crippen LogP contribution in [-0.4, -0.2) is 27.5 Å². The Morgan fingerprint density at radius 3 is 2.52 bits per heavy atom. The second-order valence-electron chi connectivity index (χ2n) is 7.13. The minimum atomic E-state index is -0.774. The molecule has 0 saturated carbocycles. The van der Waals surface area contributed by atoms with Crippen molar-refractivity contribution in [1.82, 2.24) is 9.55 Å². The van der Waals surface area contributed by atoms with E-state index in [1.54, 1.807) is 33.8 Å². The topological polar surface area (TPSA) is 90.3 Å². The van der Waals surface area contributed by atoms with Crippen LogP contribution in [0, 0.1) is 13.8 Å². The Bertz CT molecular complexity index is 1150. The van der Waals surface area contributed by atoms with Crippen LogP contribution in [0.25, 0.3) is 10.2 Å². The van der Waals surface area contributed by atoms with Crippen LogP contribution in [0.4, 0.5) is 5.69 Å². The average Bonchev–Trinajstić information content (AvgIpc) is 3.00. The van der Waals surface area contributed by atoms with Crippen LogP contribution in [0.5, 0.6) is 0 Å². The maximum atomic E-state index is 13.1. The fourth-order valence-corrected chi connectivity index (χ4v) is 3.97. The number of thiophene rings is 1. The monoisotopic (exact) mass is 413 g/mol. The Morgan fingerprint density at radius 1 is 1.17 bits per heavy atom. The summed E-state index contributed by atoms with van der Waals surface area (Å²) in [5.41, 5.74) is 1.78. The minimum absolute atomic E-state index is 0.262. The predicted octanol–water partition coefficient (Wildman–Crippen LogP) is 3.84. The summed E-state index contributed by atoms with van der Waals surface area (Å²) in [5.74, 6) is -0.799. The van der Waals surface area contributed by atoms with E-state index in [-0.39, 0.29) is 17.6 Å². The van der Waals surface area contributed by atoms with Crippen LogP contribution in [0.2, 0.25) is 0 Å². The number of fused-ring (bicyclic) bond motifs is 1. The second-order valence-corrected chi connectivity index (χ2v) is 8.13. The molecule has 0 aliphatic rings. The van der Waals surface area contributed by atoms with Gasteiger partial charge < -0.3 is 10.1 Å². The molecule has 1 atom stereocenters. The Hall–Kier alpha value is -3.00. The van der Waals surface area contributed by atoms with E-state index in [1.165, 1.54) is 10.9 Å². The fourth-order valence-electron chi connectivity index (χ4n) is 2.95. The molecule has 1 amide bonds. The molecule has 8 heteroatoms. The number of aromatic nitrogens is 2. The first-order valence-corrected chi connectivity index (χ1v) is 10.1. The number of hydrogen-bond donors (Lipinski definition) is 1. The van der Waals surface area contributed by atoms with Gasteiger partial charge in [-0.1, -0.05) is 18.2 Å². The molecule has 1 N–H and O–H groups in total. The zero-order valence-corrected chi connectivity index (χ0v) is 17.8. The van der Waals surface area contributed by atoms with Crippen LogP contribution >= 0.6 is 11.3 Å². The van der Waals surface area contributed by atoms with E-state index >= 15 is 0 Å². The molecule has 3 rings (SSSR count). The first-order valence-electron chi connectivity index (χ1n) is 9.28. The van der Waals surface area contributed by atoms with Crippen molar-refractivity contribution in [3.63, 3.8) is 0 Å². The van der Waals surface area contributed by atoms with Crippen LogP contribution in [0.15, 0.2) is 35.4 Å². The van der Waals surface area contributed by atoms with Gasteiger partial charge in [-0.05, 0) is 51.8 Å². The van der Waals surface area contributed by atoms with Crippen molar-refractivity contribution in [1.29, 1.82) is 0 Å². The molecule has 7 nitrogen and oxygen atoms in total. The molecular weight excluding hydrogens is 390 g/mol. The quantitative estimate of drug-likeness (QED) is 0.642. The molecule has 0 bridgehead atoms. The molecule has 1 aromatic carbocycles. The number of para-hydroxylation sites is 1. The summed E-state index contributed by atoms with van der Waals surface area (Å²) in [6.07, 6.45) is 1.09. The maximum absolute atomic E-state index is 13.1. The van der Waals surface area contributed by atoms with E-state index in [0.717, 1.165) is 16.9 Å². The van der Waals surface area contributed by atoms with E-state index in [1.807, 2.05) is 25.1 Å². The van der Waals surface area contributed by atoms with Crippen LogP contribution in [0.3, 0.4) is 0 Å². The van der Waals surface area contributed by atoms with Gasteiger partial charge in [0.05, 0.1) is 17.8 Å². The number of carbonyl (C=O) groups is 2. The minimum Gasteiger partial charge on any atom is -0.459 e. The van der Waals surface area contributed by atoms with Gasteiger partial charge in [-0.3, -0.25) is 14.2 Å². The van der Waals surface area contributed by atoms with Crippen molar-refractivity contribution in [2.75, 3.05) is 5.32 Å². The number of carbonyl (C=O) groups excluding carboxylic acids is 2. The molecule has 2 heterocycles. The summed E-state index contributed by atoms with van der Waals surface area (Å²) in [6, 6.07) is 6.65. The maximum Gasteiger partial charge on any atom is 0.348 e. The van der Waals surface area contributed by atoms with E-state index in [4.69, 9.17) is 4.74 Å². The van der Waals surface area contributed by atoms with E-state index in [9.17, 15) is 14.4 Å². The summed E-state index contributed by atoms with van der Waals surface area (Å²) in [6.45, 7) is 8.76. The average molecular weight is 413 g/mol. The van der Waals surface area contributed by atoms with Crippen molar-refractivity contribution in [2.24, 2.45) is 0 Å². The molecule has 3 aromatic rings. The zero-order valence-electron chi connectivity index (χ0n) is 17.0. The molecule has 0 aliphatic carbocycles. The Morgan fingerprint density at radius 2 is 1.86 bits per heavy atom. The van der Waals surface area contributed by atoms with Gasteiger partial charge in [0.1, 0.15) is 15.7 Å². The Balaban J connectivity index is 1.96.